The Balaban J connectivity index is 2.32. The fourth-order valence-corrected chi connectivity index (χ4v) is 3.30. The second-order valence-corrected chi connectivity index (χ2v) is 6.75. The molecule has 2 N–H and O–H groups in total. The molecular weight excluding hydrogens is 422 g/mol. The van der Waals surface area contributed by atoms with Crippen LogP contribution < -0.4 is 19.9 Å². The van der Waals surface area contributed by atoms with Crippen LogP contribution in [0.15, 0.2) is 46.9 Å². The zero-order valence-corrected chi connectivity index (χ0v) is 17.2. The van der Waals surface area contributed by atoms with Gasteiger partial charge in [-0.25, -0.2) is 4.98 Å². The Bertz CT molecular complexity index is 1080. The van der Waals surface area contributed by atoms with Crippen molar-refractivity contribution in [3.63, 3.8) is 0 Å². The number of aromatic nitrogens is 1. The minimum Gasteiger partial charge on any atom is -0.497 e. The van der Waals surface area contributed by atoms with E-state index in [0.717, 1.165) is 10.0 Å². The largest absolute Gasteiger partial charge is 0.497 e. The van der Waals surface area contributed by atoms with Gasteiger partial charge in [0.05, 0.1) is 27.0 Å². The molecule has 0 radical (unpaired) electrons. The molecule has 2 aromatic carbocycles. The Morgan fingerprint density at radius 1 is 0.893 bits per heavy atom. The van der Waals surface area contributed by atoms with Crippen LogP contribution in [0.2, 0.25) is 0 Å². The van der Waals surface area contributed by atoms with Gasteiger partial charge in [-0.2, -0.15) is 5.26 Å². The van der Waals surface area contributed by atoms with Crippen LogP contribution >= 0.6 is 15.9 Å². The maximum absolute atomic E-state index is 9.67. The fourth-order valence-electron chi connectivity index (χ4n) is 2.94. The summed E-state index contributed by atoms with van der Waals surface area (Å²) in [4.78, 5) is 4.43. The summed E-state index contributed by atoms with van der Waals surface area (Å²) in [6, 6.07) is 14.9. The highest BCUT2D eigenvalue weighted by atomic mass is 79.9. The van der Waals surface area contributed by atoms with Crippen LogP contribution in [-0.2, 0) is 0 Å². The van der Waals surface area contributed by atoms with Gasteiger partial charge in [0.1, 0.15) is 34.7 Å². The highest BCUT2D eigenvalue weighted by Gasteiger charge is 2.19. The number of methoxy groups -OCH3 is 3. The Kier molecular flexibility index (Phi) is 5.71. The first-order valence-corrected chi connectivity index (χ1v) is 9.08. The van der Waals surface area contributed by atoms with Gasteiger partial charge in [0, 0.05) is 21.2 Å². The first-order chi connectivity index (χ1) is 13.5. The van der Waals surface area contributed by atoms with Crippen LogP contribution in [0.25, 0.3) is 22.4 Å². The van der Waals surface area contributed by atoms with Crippen molar-refractivity contribution < 1.29 is 14.2 Å². The average molecular weight is 440 g/mol. The Labute approximate surface area is 171 Å². The molecule has 1 aromatic heterocycles. The summed E-state index contributed by atoms with van der Waals surface area (Å²) in [5.74, 6) is 2.02. The van der Waals surface area contributed by atoms with Gasteiger partial charge in [0.15, 0.2) is 0 Å². The van der Waals surface area contributed by atoms with Crippen LogP contribution in [0.5, 0.6) is 17.2 Å². The topological polar surface area (TPSA) is 90.4 Å². The maximum Gasteiger partial charge on any atom is 0.142 e. The molecule has 0 saturated carbocycles. The average Bonchev–Trinajstić information content (AvgIpc) is 2.72. The number of halogens is 1. The van der Waals surface area contributed by atoms with E-state index in [2.05, 4.69) is 27.0 Å². The van der Waals surface area contributed by atoms with Crippen LogP contribution in [0.4, 0.5) is 5.82 Å². The van der Waals surface area contributed by atoms with Crippen molar-refractivity contribution in [3.05, 3.63) is 52.5 Å². The Morgan fingerprint density at radius 2 is 1.57 bits per heavy atom. The number of hydrogen-bond acceptors (Lipinski definition) is 6. The van der Waals surface area contributed by atoms with Gasteiger partial charge in [-0.1, -0.05) is 15.9 Å². The van der Waals surface area contributed by atoms with Gasteiger partial charge in [-0.3, -0.25) is 0 Å². The quantitative estimate of drug-likeness (QED) is 0.621. The van der Waals surface area contributed by atoms with E-state index < -0.39 is 0 Å². The number of rotatable bonds is 5. The van der Waals surface area contributed by atoms with E-state index in [9.17, 15) is 5.26 Å². The van der Waals surface area contributed by atoms with Crippen LogP contribution in [-0.4, -0.2) is 26.3 Å². The lowest BCUT2D eigenvalue weighted by Crippen LogP contribution is -2.01. The fraction of sp³-hybridized carbons (Fsp3) is 0.143. The van der Waals surface area contributed by atoms with Crippen molar-refractivity contribution in [1.29, 1.82) is 5.26 Å². The lowest BCUT2D eigenvalue weighted by atomic mass is 9.97. The monoisotopic (exact) mass is 439 g/mol. The summed E-state index contributed by atoms with van der Waals surface area (Å²) in [6.07, 6.45) is 0. The van der Waals surface area contributed by atoms with E-state index in [1.54, 1.807) is 39.5 Å². The number of nitrogens with zero attached hydrogens (tertiary/aromatic N) is 2. The third kappa shape index (κ3) is 3.59. The predicted octanol–water partition coefficient (Wildman–Crippen LogP) is 4.66. The minimum atomic E-state index is 0.127. The molecule has 6 nitrogen and oxygen atoms in total. The number of ether oxygens (including phenoxy) is 3. The molecule has 0 fully saturated rings. The predicted molar refractivity (Wildman–Crippen MR) is 112 cm³/mol. The normalized spacial score (nSPS) is 10.2. The second kappa shape index (κ2) is 8.19. The van der Waals surface area contributed by atoms with Gasteiger partial charge in [-0.05, 0) is 42.5 Å². The van der Waals surface area contributed by atoms with Crippen LogP contribution in [0.1, 0.15) is 5.56 Å². The number of nitriles is 1. The Hall–Kier alpha value is -3.24. The summed E-state index contributed by atoms with van der Waals surface area (Å²) in [7, 11) is 4.75. The number of nitrogen functional groups attached to an aromatic ring is 1. The minimum absolute atomic E-state index is 0.127. The second-order valence-electron chi connectivity index (χ2n) is 5.84. The molecule has 0 bridgehead atoms. The van der Waals surface area contributed by atoms with Gasteiger partial charge in [0.2, 0.25) is 0 Å². The molecule has 142 valence electrons. The lowest BCUT2D eigenvalue weighted by Gasteiger charge is -2.15. The molecule has 0 atom stereocenters. The molecule has 1 heterocycles. The number of anilines is 1. The molecule has 0 unspecified atom stereocenters. The summed E-state index contributed by atoms with van der Waals surface area (Å²) in [5.41, 5.74) is 9.03. The van der Waals surface area contributed by atoms with Gasteiger partial charge >= 0.3 is 0 Å². The van der Waals surface area contributed by atoms with E-state index in [1.807, 2.05) is 24.3 Å². The zero-order valence-electron chi connectivity index (χ0n) is 15.6. The summed E-state index contributed by atoms with van der Waals surface area (Å²) < 4.78 is 17.1. The van der Waals surface area contributed by atoms with Crippen molar-refractivity contribution in [2.45, 2.75) is 0 Å². The zero-order chi connectivity index (χ0) is 20.3. The molecule has 0 spiro atoms. The number of nitrogens with two attached hydrogens (primary N) is 1. The molecule has 0 aliphatic carbocycles. The molecule has 0 aliphatic rings. The van der Waals surface area contributed by atoms with Crippen LogP contribution in [0, 0.1) is 11.3 Å². The van der Waals surface area contributed by atoms with Crippen molar-refractivity contribution >= 4 is 21.7 Å². The molecule has 0 aliphatic heterocycles. The molecule has 3 aromatic rings. The standard InChI is InChI=1S/C21H18BrN3O3/c1-26-13-5-7-20(28-3)16(9-13)18-10-14(17(11-23)21(24)25-18)15-8-12(22)4-6-19(15)27-2/h4-10H,1-3H3,(H2,24,25). The van der Waals surface area contributed by atoms with Crippen molar-refractivity contribution in [3.8, 4) is 45.7 Å². The summed E-state index contributed by atoms with van der Waals surface area (Å²) in [6.45, 7) is 0. The lowest BCUT2D eigenvalue weighted by molar-refractivity contribution is 0.404. The SMILES string of the molecule is COc1ccc(OC)c(-c2cc(-c3cc(Br)ccc3OC)c(C#N)c(N)n2)c1. The maximum atomic E-state index is 9.67. The third-order valence-electron chi connectivity index (χ3n) is 4.29. The molecule has 3 rings (SSSR count). The van der Waals surface area contributed by atoms with Crippen LogP contribution in [0.3, 0.4) is 0 Å². The molecule has 0 amide bonds. The Morgan fingerprint density at radius 3 is 2.21 bits per heavy atom. The van der Waals surface area contributed by atoms with Gasteiger partial charge in [-0.15, -0.1) is 0 Å². The molecule has 28 heavy (non-hydrogen) atoms. The van der Waals surface area contributed by atoms with Crippen molar-refractivity contribution in [2.24, 2.45) is 0 Å². The van der Waals surface area contributed by atoms with Crippen molar-refractivity contribution in [1.82, 2.24) is 4.98 Å². The van der Waals surface area contributed by atoms with E-state index >= 15 is 0 Å². The molecule has 7 heteroatoms. The van der Waals surface area contributed by atoms with E-state index in [-0.39, 0.29) is 11.4 Å². The summed E-state index contributed by atoms with van der Waals surface area (Å²) in [5, 5.41) is 9.67. The van der Waals surface area contributed by atoms with Crippen molar-refractivity contribution in [2.75, 3.05) is 27.1 Å². The highest BCUT2D eigenvalue weighted by Crippen LogP contribution is 2.40. The molecular formula is C21H18BrN3O3. The smallest absolute Gasteiger partial charge is 0.142 e. The number of hydrogen-bond donors (Lipinski definition) is 1. The first kappa shape index (κ1) is 19.5. The van der Waals surface area contributed by atoms with Gasteiger partial charge < -0.3 is 19.9 Å². The third-order valence-corrected chi connectivity index (χ3v) is 4.79. The van der Waals surface area contributed by atoms with E-state index in [1.165, 1.54) is 0 Å². The van der Waals surface area contributed by atoms with Gasteiger partial charge in [0.25, 0.3) is 0 Å². The van der Waals surface area contributed by atoms with E-state index in [0.29, 0.717) is 34.1 Å². The number of pyridine rings is 1. The summed E-state index contributed by atoms with van der Waals surface area (Å²) >= 11 is 3.47. The number of benzene rings is 2. The molecule has 0 saturated heterocycles. The first-order valence-electron chi connectivity index (χ1n) is 8.29. The van der Waals surface area contributed by atoms with E-state index in [4.69, 9.17) is 19.9 Å². The highest BCUT2D eigenvalue weighted by molar-refractivity contribution is 9.10.